The number of benzene rings is 2. The molecule has 37 heavy (non-hydrogen) atoms. The van der Waals surface area contributed by atoms with Crippen LogP contribution in [0.2, 0.25) is 0 Å². The number of carboxylic acids is 1. The van der Waals surface area contributed by atoms with Gasteiger partial charge >= 0.3 is 5.97 Å². The third-order valence-electron chi connectivity index (χ3n) is 8.44. The molecule has 1 heterocycles. The van der Waals surface area contributed by atoms with Gasteiger partial charge < -0.3 is 20.1 Å². The molecule has 2 saturated carbocycles. The normalized spacial score (nSPS) is 20.5. The summed E-state index contributed by atoms with van der Waals surface area (Å²) in [5.74, 6) is -0.728. The lowest BCUT2D eigenvalue weighted by molar-refractivity contribution is -0.145. The van der Waals surface area contributed by atoms with Gasteiger partial charge in [0.2, 0.25) is 0 Å². The molecule has 3 aromatic rings. The molecular formula is C31H38N2O4. The summed E-state index contributed by atoms with van der Waals surface area (Å²) in [6, 6.07) is 14.2. The summed E-state index contributed by atoms with van der Waals surface area (Å²) in [6.07, 6.45) is 7.14. The van der Waals surface area contributed by atoms with Crippen molar-refractivity contribution in [3.8, 4) is 11.3 Å². The Morgan fingerprint density at radius 1 is 1.05 bits per heavy atom. The second-order valence-electron chi connectivity index (χ2n) is 11.6. The van der Waals surface area contributed by atoms with Crippen molar-refractivity contribution >= 4 is 22.6 Å². The fourth-order valence-corrected chi connectivity index (χ4v) is 6.04. The highest BCUT2D eigenvalue weighted by Crippen LogP contribution is 2.38. The van der Waals surface area contributed by atoms with Gasteiger partial charge in [-0.3, -0.25) is 9.59 Å². The van der Waals surface area contributed by atoms with Crippen LogP contribution in [0.1, 0.15) is 80.4 Å². The smallest absolute Gasteiger partial charge is 0.306 e. The molecule has 0 atom stereocenters. The van der Waals surface area contributed by atoms with Gasteiger partial charge in [-0.15, -0.1) is 0 Å². The van der Waals surface area contributed by atoms with Crippen LogP contribution >= 0.6 is 0 Å². The van der Waals surface area contributed by atoms with E-state index in [2.05, 4.69) is 28.1 Å². The van der Waals surface area contributed by atoms with E-state index in [1.807, 2.05) is 31.2 Å². The first-order valence-corrected chi connectivity index (χ1v) is 13.6. The zero-order chi connectivity index (χ0) is 26.3. The van der Waals surface area contributed by atoms with Crippen molar-refractivity contribution in [3.63, 3.8) is 0 Å². The highest BCUT2D eigenvalue weighted by Gasteiger charge is 2.36. The lowest BCUT2D eigenvalue weighted by atomic mass is 9.80. The molecule has 0 spiro atoms. The fourth-order valence-electron chi connectivity index (χ4n) is 6.04. The van der Waals surface area contributed by atoms with Crippen LogP contribution < -0.4 is 5.32 Å². The van der Waals surface area contributed by atoms with E-state index in [0.717, 1.165) is 39.8 Å². The monoisotopic (exact) mass is 502 g/mol. The molecule has 2 aromatic carbocycles. The van der Waals surface area contributed by atoms with Crippen LogP contribution in [0.5, 0.6) is 0 Å². The lowest BCUT2D eigenvalue weighted by Gasteiger charge is -2.32. The van der Waals surface area contributed by atoms with Gasteiger partial charge in [0.15, 0.2) is 0 Å². The van der Waals surface area contributed by atoms with Crippen molar-refractivity contribution in [1.29, 1.82) is 0 Å². The molecule has 1 aromatic heterocycles. The quantitative estimate of drug-likeness (QED) is 0.369. The zero-order valence-electron chi connectivity index (χ0n) is 22.1. The van der Waals surface area contributed by atoms with Crippen molar-refractivity contribution in [1.82, 2.24) is 9.88 Å². The lowest BCUT2D eigenvalue weighted by Crippen LogP contribution is -2.46. The minimum absolute atomic E-state index is 0.0995. The van der Waals surface area contributed by atoms with Crippen molar-refractivity contribution in [2.45, 2.75) is 83.9 Å². The Morgan fingerprint density at radius 3 is 2.43 bits per heavy atom. The van der Waals surface area contributed by atoms with Crippen LogP contribution in [0, 0.1) is 18.8 Å². The van der Waals surface area contributed by atoms with Gasteiger partial charge in [0, 0.05) is 29.5 Å². The third-order valence-corrected chi connectivity index (χ3v) is 8.44. The Balaban J connectivity index is 1.58. The summed E-state index contributed by atoms with van der Waals surface area (Å²) in [7, 11) is 0. The molecule has 2 aliphatic carbocycles. The Hall–Kier alpha value is -3.12. The van der Waals surface area contributed by atoms with Gasteiger partial charge in [-0.25, -0.2) is 0 Å². The molecule has 0 bridgehead atoms. The van der Waals surface area contributed by atoms with E-state index in [4.69, 9.17) is 0 Å². The van der Waals surface area contributed by atoms with Gasteiger partial charge in [-0.2, -0.15) is 0 Å². The fraction of sp³-hybridized carbons (Fsp3) is 0.484. The maximum Gasteiger partial charge on any atom is 0.306 e. The van der Waals surface area contributed by atoms with E-state index in [9.17, 15) is 19.8 Å². The van der Waals surface area contributed by atoms with Crippen molar-refractivity contribution < 1.29 is 19.8 Å². The zero-order valence-corrected chi connectivity index (χ0v) is 22.1. The SMILES string of the molecule is Cc1c(C(=O)NC2CC(C(=O)O)C2)cc(-c2cc(C(C)(C)O)cc3ccccc23)n1CC1CCCCC1. The van der Waals surface area contributed by atoms with Crippen molar-refractivity contribution in [2.75, 3.05) is 0 Å². The Labute approximate surface area is 218 Å². The number of nitrogens with zero attached hydrogens (tertiary/aromatic N) is 1. The first-order valence-electron chi connectivity index (χ1n) is 13.6. The maximum atomic E-state index is 13.4. The topological polar surface area (TPSA) is 91.6 Å². The summed E-state index contributed by atoms with van der Waals surface area (Å²) in [6.45, 7) is 6.48. The number of hydrogen-bond donors (Lipinski definition) is 3. The number of amides is 1. The number of aromatic nitrogens is 1. The first kappa shape index (κ1) is 25.5. The van der Waals surface area contributed by atoms with Gasteiger partial charge in [0.05, 0.1) is 17.1 Å². The number of carboxylic acid groups (broad SMARTS) is 1. The number of carbonyl (C=O) groups excluding carboxylic acids is 1. The summed E-state index contributed by atoms with van der Waals surface area (Å²) >= 11 is 0. The Morgan fingerprint density at radius 2 is 1.76 bits per heavy atom. The molecular weight excluding hydrogens is 464 g/mol. The van der Waals surface area contributed by atoms with Crippen LogP contribution in [0.4, 0.5) is 0 Å². The summed E-state index contributed by atoms with van der Waals surface area (Å²) < 4.78 is 2.31. The number of aliphatic carboxylic acids is 1. The van der Waals surface area contributed by atoms with E-state index < -0.39 is 11.6 Å². The van der Waals surface area contributed by atoms with E-state index in [0.29, 0.717) is 24.3 Å². The van der Waals surface area contributed by atoms with Gasteiger partial charge in [-0.1, -0.05) is 43.5 Å². The second kappa shape index (κ2) is 9.97. The number of nitrogens with one attached hydrogen (secondary N) is 1. The standard InChI is InChI=1S/C31H38N2O4/c1-19-26(29(34)32-24-14-22(15-24)30(35)36)17-28(33(19)18-20-9-5-4-6-10-20)27-16-23(31(2,3)37)13-21-11-7-8-12-25(21)27/h7-8,11-13,16-17,20,22,24,37H,4-6,9-10,14-15,18H2,1-3H3,(H,32,34)(H,35,36). The molecule has 0 saturated heterocycles. The van der Waals surface area contributed by atoms with Crippen LogP contribution in [-0.2, 0) is 16.9 Å². The minimum Gasteiger partial charge on any atom is -0.481 e. The van der Waals surface area contributed by atoms with Crippen LogP contribution in [0.25, 0.3) is 22.0 Å². The molecule has 0 radical (unpaired) electrons. The third kappa shape index (κ3) is 5.17. The van der Waals surface area contributed by atoms with Gasteiger partial charge in [0.1, 0.15) is 0 Å². The number of fused-ring (bicyclic) bond motifs is 1. The van der Waals surface area contributed by atoms with E-state index in [1.165, 1.54) is 32.1 Å². The Kier molecular flexibility index (Phi) is 6.88. The van der Waals surface area contributed by atoms with Gasteiger partial charge in [-0.05, 0) is 86.9 Å². The molecule has 6 nitrogen and oxygen atoms in total. The highest BCUT2D eigenvalue weighted by molar-refractivity contribution is 6.01. The number of rotatable bonds is 7. The number of aliphatic hydroxyl groups is 1. The molecule has 0 aliphatic heterocycles. The van der Waals surface area contributed by atoms with E-state index >= 15 is 0 Å². The molecule has 2 aliphatic rings. The maximum absolute atomic E-state index is 13.4. The summed E-state index contributed by atoms with van der Waals surface area (Å²) in [5, 5.41) is 25.3. The molecule has 1 amide bonds. The summed E-state index contributed by atoms with van der Waals surface area (Å²) in [4.78, 5) is 24.6. The number of carbonyl (C=O) groups is 2. The van der Waals surface area contributed by atoms with Crippen LogP contribution in [0.3, 0.4) is 0 Å². The first-order chi connectivity index (χ1) is 17.6. The minimum atomic E-state index is -1.00. The van der Waals surface area contributed by atoms with Crippen LogP contribution in [0.15, 0.2) is 42.5 Å². The molecule has 6 heteroatoms. The average Bonchev–Trinajstić information content (AvgIpc) is 3.16. The molecule has 0 unspecified atom stereocenters. The molecule has 2 fully saturated rings. The molecule has 5 rings (SSSR count). The highest BCUT2D eigenvalue weighted by atomic mass is 16.4. The van der Waals surface area contributed by atoms with Gasteiger partial charge in [0.25, 0.3) is 5.91 Å². The molecule has 196 valence electrons. The number of hydrogen-bond acceptors (Lipinski definition) is 3. The average molecular weight is 503 g/mol. The van der Waals surface area contributed by atoms with Crippen molar-refractivity contribution in [3.05, 3.63) is 59.3 Å². The molecule has 3 N–H and O–H groups in total. The van der Waals surface area contributed by atoms with E-state index in [-0.39, 0.29) is 17.9 Å². The Bertz CT molecular complexity index is 1320. The summed E-state index contributed by atoms with van der Waals surface area (Å²) in [5.41, 5.74) is 3.42. The largest absolute Gasteiger partial charge is 0.481 e. The van der Waals surface area contributed by atoms with Crippen LogP contribution in [-0.4, -0.2) is 32.7 Å². The predicted molar refractivity (Wildman–Crippen MR) is 146 cm³/mol. The predicted octanol–water partition coefficient (Wildman–Crippen LogP) is 6.02. The van der Waals surface area contributed by atoms with Crippen molar-refractivity contribution in [2.24, 2.45) is 11.8 Å². The second-order valence-corrected chi connectivity index (χ2v) is 11.6. The van der Waals surface area contributed by atoms with E-state index in [1.54, 1.807) is 13.8 Å².